The van der Waals surface area contributed by atoms with Crippen LogP contribution in [-0.4, -0.2) is 54.1 Å². The third kappa shape index (κ3) is 9.18. The quantitative estimate of drug-likeness (QED) is 0.605. The van der Waals surface area contributed by atoms with Gasteiger partial charge in [-0.1, -0.05) is 27.7 Å². The second-order valence-corrected chi connectivity index (χ2v) is 5.52. The van der Waals surface area contributed by atoms with E-state index in [2.05, 4.69) is 10.6 Å². The fourth-order valence-corrected chi connectivity index (χ4v) is 1.63. The van der Waals surface area contributed by atoms with Gasteiger partial charge in [0.25, 0.3) is 0 Å². The molecule has 0 aromatic carbocycles. The van der Waals surface area contributed by atoms with Gasteiger partial charge in [0.15, 0.2) is 0 Å². The maximum absolute atomic E-state index is 12.0. The van der Waals surface area contributed by atoms with Crippen LogP contribution in [0.1, 0.15) is 27.7 Å². The van der Waals surface area contributed by atoms with E-state index in [1.807, 2.05) is 27.7 Å². The van der Waals surface area contributed by atoms with Crippen LogP contribution in [-0.2, 0) is 9.59 Å². The van der Waals surface area contributed by atoms with Gasteiger partial charge in [-0.2, -0.15) is 0 Å². The molecular formula is C13H25N3O4. The van der Waals surface area contributed by atoms with E-state index in [9.17, 15) is 14.4 Å². The van der Waals surface area contributed by atoms with Gasteiger partial charge in [0, 0.05) is 13.1 Å². The summed E-state index contributed by atoms with van der Waals surface area (Å²) in [6.07, 6.45) is 0. The maximum Gasteiger partial charge on any atom is 0.322 e. The van der Waals surface area contributed by atoms with Gasteiger partial charge in [-0.3, -0.25) is 9.59 Å². The number of carbonyl (C=O) groups is 3. The van der Waals surface area contributed by atoms with E-state index in [0.29, 0.717) is 24.9 Å². The molecule has 0 fully saturated rings. The van der Waals surface area contributed by atoms with Crippen molar-refractivity contribution in [3.8, 4) is 0 Å². The molecule has 0 spiro atoms. The molecule has 0 aromatic heterocycles. The Morgan fingerprint density at radius 2 is 1.45 bits per heavy atom. The van der Waals surface area contributed by atoms with Crippen molar-refractivity contribution in [1.82, 2.24) is 15.5 Å². The van der Waals surface area contributed by atoms with E-state index >= 15 is 0 Å². The third-order valence-corrected chi connectivity index (χ3v) is 2.30. The van der Waals surface area contributed by atoms with Crippen molar-refractivity contribution in [2.45, 2.75) is 27.7 Å². The monoisotopic (exact) mass is 287 g/mol. The van der Waals surface area contributed by atoms with E-state index in [4.69, 9.17) is 5.11 Å². The molecule has 20 heavy (non-hydrogen) atoms. The van der Waals surface area contributed by atoms with Crippen LogP contribution in [0.15, 0.2) is 0 Å². The normalized spacial score (nSPS) is 10.5. The number of aliphatic carboxylic acids is 1. The first-order valence-corrected chi connectivity index (χ1v) is 6.73. The van der Waals surface area contributed by atoms with Crippen LogP contribution in [0.2, 0.25) is 0 Å². The molecule has 0 radical (unpaired) electrons. The fourth-order valence-electron chi connectivity index (χ4n) is 1.63. The molecule has 0 rings (SSSR count). The minimum Gasteiger partial charge on any atom is -0.480 e. The van der Waals surface area contributed by atoms with Gasteiger partial charge in [-0.05, 0) is 11.8 Å². The number of rotatable bonds is 8. The van der Waals surface area contributed by atoms with Crippen LogP contribution >= 0.6 is 0 Å². The molecule has 0 bridgehead atoms. The zero-order chi connectivity index (χ0) is 15.7. The number of carbonyl (C=O) groups excluding carboxylic acids is 2. The molecule has 0 atom stereocenters. The first-order valence-electron chi connectivity index (χ1n) is 6.73. The summed E-state index contributed by atoms with van der Waals surface area (Å²) >= 11 is 0. The van der Waals surface area contributed by atoms with Gasteiger partial charge in [0.1, 0.15) is 6.54 Å². The van der Waals surface area contributed by atoms with Gasteiger partial charge in [0.05, 0.1) is 6.54 Å². The zero-order valence-electron chi connectivity index (χ0n) is 12.6. The average molecular weight is 287 g/mol. The Balaban J connectivity index is 4.24. The van der Waals surface area contributed by atoms with Gasteiger partial charge in [-0.25, -0.2) is 4.79 Å². The molecule has 0 unspecified atom stereocenters. The van der Waals surface area contributed by atoms with Crippen LogP contribution in [0.5, 0.6) is 0 Å². The summed E-state index contributed by atoms with van der Waals surface area (Å²) in [6, 6.07) is -0.308. The number of carboxylic acid groups (broad SMARTS) is 1. The number of hydrogen-bond acceptors (Lipinski definition) is 3. The number of nitrogens with zero attached hydrogens (tertiary/aromatic N) is 1. The van der Waals surface area contributed by atoms with Crippen LogP contribution in [0.3, 0.4) is 0 Å². The number of nitrogens with one attached hydrogen (secondary N) is 2. The van der Waals surface area contributed by atoms with Gasteiger partial charge < -0.3 is 20.6 Å². The SMILES string of the molecule is CC(C)CN(CC(C)C)C(=O)NCC(=O)NCC(=O)O. The minimum atomic E-state index is -1.12. The zero-order valence-corrected chi connectivity index (χ0v) is 12.6. The summed E-state index contributed by atoms with van der Waals surface area (Å²) in [4.78, 5) is 35.2. The summed E-state index contributed by atoms with van der Waals surface area (Å²) in [7, 11) is 0. The Bertz CT molecular complexity index is 333. The second-order valence-electron chi connectivity index (χ2n) is 5.52. The van der Waals surface area contributed by atoms with Gasteiger partial charge in [0.2, 0.25) is 5.91 Å². The van der Waals surface area contributed by atoms with E-state index in [1.54, 1.807) is 4.90 Å². The first-order chi connectivity index (χ1) is 9.22. The van der Waals surface area contributed by atoms with Crippen LogP contribution in [0.25, 0.3) is 0 Å². The second kappa shape index (κ2) is 9.17. The number of amides is 3. The number of urea groups is 1. The molecule has 0 aliphatic carbocycles. The van der Waals surface area contributed by atoms with Crippen molar-refractivity contribution >= 4 is 17.9 Å². The van der Waals surface area contributed by atoms with E-state index < -0.39 is 18.4 Å². The Morgan fingerprint density at radius 3 is 1.85 bits per heavy atom. The van der Waals surface area contributed by atoms with E-state index in [-0.39, 0.29) is 12.6 Å². The largest absolute Gasteiger partial charge is 0.480 e. The Morgan fingerprint density at radius 1 is 0.950 bits per heavy atom. The predicted molar refractivity (Wildman–Crippen MR) is 75.3 cm³/mol. The highest BCUT2D eigenvalue weighted by Crippen LogP contribution is 2.03. The Hall–Kier alpha value is -1.79. The van der Waals surface area contributed by atoms with Crippen LogP contribution in [0.4, 0.5) is 4.79 Å². The molecule has 0 aliphatic rings. The lowest BCUT2D eigenvalue weighted by Gasteiger charge is -2.26. The molecule has 7 nitrogen and oxygen atoms in total. The standard InChI is InChI=1S/C13H25N3O4/c1-9(2)7-16(8-10(3)4)13(20)15-5-11(17)14-6-12(18)19/h9-10H,5-8H2,1-4H3,(H,14,17)(H,15,20)(H,18,19). The highest BCUT2D eigenvalue weighted by atomic mass is 16.4. The topological polar surface area (TPSA) is 98.7 Å². The molecule has 3 amide bonds. The maximum atomic E-state index is 12.0. The van der Waals surface area contributed by atoms with Crippen molar-refractivity contribution in [2.75, 3.05) is 26.2 Å². The van der Waals surface area contributed by atoms with Gasteiger partial charge >= 0.3 is 12.0 Å². The summed E-state index contributed by atoms with van der Waals surface area (Å²) in [5.41, 5.74) is 0. The lowest BCUT2D eigenvalue weighted by molar-refractivity contribution is -0.137. The van der Waals surface area contributed by atoms with Crippen LogP contribution in [0, 0.1) is 11.8 Å². The van der Waals surface area contributed by atoms with Crippen molar-refractivity contribution in [2.24, 2.45) is 11.8 Å². The molecule has 7 heteroatoms. The minimum absolute atomic E-state index is 0.223. The van der Waals surface area contributed by atoms with Crippen molar-refractivity contribution in [3.63, 3.8) is 0 Å². The van der Waals surface area contributed by atoms with Crippen molar-refractivity contribution in [1.29, 1.82) is 0 Å². The summed E-state index contributed by atoms with van der Waals surface area (Å²) in [5, 5.41) is 13.1. The molecule has 0 saturated carbocycles. The predicted octanol–water partition coefficient (Wildman–Crippen LogP) is 0.511. The summed E-state index contributed by atoms with van der Waals surface area (Å²) in [5.74, 6) is -0.971. The van der Waals surface area contributed by atoms with Crippen molar-refractivity contribution < 1.29 is 19.5 Å². The first kappa shape index (κ1) is 18.2. The van der Waals surface area contributed by atoms with Crippen molar-refractivity contribution in [3.05, 3.63) is 0 Å². The molecular weight excluding hydrogens is 262 g/mol. The Labute approximate surface area is 119 Å². The fraction of sp³-hybridized carbons (Fsp3) is 0.769. The summed E-state index contributed by atoms with van der Waals surface area (Å²) in [6.45, 7) is 8.61. The average Bonchev–Trinajstić information content (AvgIpc) is 2.31. The highest BCUT2D eigenvalue weighted by molar-refractivity contribution is 5.86. The number of carboxylic acids is 1. The smallest absolute Gasteiger partial charge is 0.322 e. The lowest BCUT2D eigenvalue weighted by atomic mass is 10.1. The molecule has 3 N–H and O–H groups in total. The third-order valence-electron chi connectivity index (χ3n) is 2.30. The lowest BCUT2D eigenvalue weighted by Crippen LogP contribution is -2.47. The van der Waals surface area contributed by atoms with Gasteiger partial charge in [-0.15, -0.1) is 0 Å². The molecule has 0 aliphatic heterocycles. The number of hydrogen-bond donors (Lipinski definition) is 3. The van der Waals surface area contributed by atoms with Crippen LogP contribution < -0.4 is 10.6 Å². The molecule has 0 aromatic rings. The highest BCUT2D eigenvalue weighted by Gasteiger charge is 2.16. The van der Waals surface area contributed by atoms with E-state index in [0.717, 1.165) is 0 Å². The summed E-state index contributed by atoms with van der Waals surface area (Å²) < 4.78 is 0. The molecule has 0 saturated heterocycles. The molecule has 116 valence electrons. The van der Waals surface area contributed by atoms with E-state index in [1.165, 1.54) is 0 Å². The molecule has 0 heterocycles. The Kier molecular flexibility index (Phi) is 8.35.